The Morgan fingerprint density at radius 1 is 1.33 bits per heavy atom. The summed E-state index contributed by atoms with van der Waals surface area (Å²) >= 11 is 7.29. The van der Waals surface area contributed by atoms with Crippen LogP contribution in [-0.2, 0) is 12.3 Å². The van der Waals surface area contributed by atoms with Crippen LogP contribution < -0.4 is 0 Å². The molecule has 0 amide bonds. The Morgan fingerprint density at radius 2 is 2.08 bits per heavy atom. The van der Waals surface area contributed by atoms with Gasteiger partial charge in [0.25, 0.3) is 0 Å². The van der Waals surface area contributed by atoms with Crippen molar-refractivity contribution in [2.75, 3.05) is 0 Å². The summed E-state index contributed by atoms with van der Waals surface area (Å²) in [4.78, 5) is 0. The Kier molecular flexibility index (Phi) is 2.61. The van der Waals surface area contributed by atoms with Crippen molar-refractivity contribution in [2.45, 2.75) is 31.6 Å². The van der Waals surface area contributed by atoms with Crippen LogP contribution in [0.1, 0.15) is 29.3 Å². The van der Waals surface area contributed by atoms with Crippen molar-refractivity contribution < 1.29 is 0 Å². The van der Waals surface area contributed by atoms with Crippen molar-refractivity contribution in [2.24, 2.45) is 5.92 Å². The Bertz CT molecular complexity index is 257. The van der Waals surface area contributed by atoms with Crippen LogP contribution in [-0.4, -0.2) is 10.2 Å². The van der Waals surface area contributed by atoms with E-state index in [0.29, 0.717) is 5.88 Å². The van der Waals surface area contributed by atoms with Crippen molar-refractivity contribution in [3.8, 4) is 0 Å². The van der Waals surface area contributed by atoms with Crippen LogP contribution in [0.2, 0.25) is 0 Å². The average Bonchev–Trinajstić information content (AvgIpc) is 2.44. The van der Waals surface area contributed by atoms with E-state index in [1.54, 1.807) is 11.3 Å². The second-order valence-corrected chi connectivity index (χ2v) is 4.64. The Labute approximate surface area is 81.0 Å². The average molecular weight is 203 g/mol. The number of aromatic nitrogens is 2. The molecule has 0 aromatic carbocycles. The third-order valence-corrected chi connectivity index (χ3v) is 3.67. The van der Waals surface area contributed by atoms with Crippen LogP contribution in [0.25, 0.3) is 0 Å². The van der Waals surface area contributed by atoms with E-state index < -0.39 is 0 Å². The summed E-state index contributed by atoms with van der Waals surface area (Å²) in [5.74, 6) is 1.38. The van der Waals surface area contributed by atoms with E-state index in [2.05, 4.69) is 10.2 Å². The molecule has 2 nitrogen and oxygen atoms in total. The highest BCUT2D eigenvalue weighted by Gasteiger charge is 2.19. The molecule has 0 radical (unpaired) electrons. The number of hydrogen-bond donors (Lipinski definition) is 0. The van der Waals surface area contributed by atoms with E-state index >= 15 is 0 Å². The van der Waals surface area contributed by atoms with Gasteiger partial charge in [0.15, 0.2) is 0 Å². The number of hydrogen-bond acceptors (Lipinski definition) is 3. The van der Waals surface area contributed by atoms with Gasteiger partial charge >= 0.3 is 0 Å². The van der Waals surface area contributed by atoms with Crippen molar-refractivity contribution in [3.05, 3.63) is 10.0 Å². The highest BCUT2D eigenvalue weighted by Crippen LogP contribution is 2.30. The number of nitrogens with zero attached hydrogens (tertiary/aromatic N) is 2. The molecule has 4 heteroatoms. The Hall–Kier alpha value is -0.150. The predicted octanol–water partition coefficient (Wildman–Crippen LogP) is 2.62. The van der Waals surface area contributed by atoms with Crippen molar-refractivity contribution in [1.82, 2.24) is 10.2 Å². The molecule has 0 N–H and O–H groups in total. The molecule has 0 atom stereocenters. The Balaban J connectivity index is 1.93. The predicted molar refractivity (Wildman–Crippen MR) is 50.5 cm³/mol. The molecule has 0 spiro atoms. The molecule has 1 aromatic heterocycles. The second kappa shape index (κ2) is 3.71. The van der Waals surface area contributed by atoms with E-state index in [9.17, 15) is 0 Å². The third-order valence-electron chi connectivity index (χ3n) is 2.31. The van der Waals surface area contributed by atoms with Crippen molar-refractivity contribution >= 4 is 22.9 Å². The summed E-state index contributed by atoms with van der Waals surface area (Å²) in [6.07, 6.45) is 5.26. The smallest absolute Gasteiger partial charge is 0.132 e. The second-order valence-electron chi connectivity index (χ2n) is 3.22. The van der Waals surface area contributed by atoms with Gasteiger partial charge in [-0.2, -0.15) is 0 Å². The molecule has 1 saturated carbocycles. The first-order valence-corrected chi connectivity index (χ1v) is 5.61. The number of rotatable bonds is 3. The van der Waals surface area contributed by atoms with Gasteiger partial charge in [-0.05, 0) is 5.92 Å². The molecule has 0 bridgehead atoms. The maximum absolute atomic E-state index is 5.63. The van der Waals surface area contributed by atoms with E-state index in [1.807, 2.05) is 0 Å². The van der Waals surface area contributed by atoms with Crippen molar-refractivity contribution in [1.29, 1.82) is 0 Å². The molecule has 1 aliphatic rings. The summed E-state index contributed by atoms with van der Waals surface area (Å²) in [6, 6.07) is 0. The van der Waals surface area contributed by atoms with E-state index in [4.69, 9.17) is 11.6 Å². The quantitative estimate of drug-likeness (QED) is 0.705. The van der Waals surface area contributed by atoms with Gasteiger partial charge in [-0.1, -0.05) is 19.3 Å². The summed E-state index contributed by atoms with van der Waals surface area (Å²) in [5, 5.41) is 10.2. The zero-order chi connectivity index (χ0) is 8.39. The van der Waals surface area contributed by atoms with Crippen LogP contribution in [0, 0.1) is 5.92 Å². The molecule has 12 heavy (non-hydrogen) atoms. The first-order valence-electron chi connectivity index (χ1n) is 4.25. The summed E-state index contributed by atoms with van der Waals surface area (Å²) in [6.45, 7) is 0. The molecule has 1 aliphatic carbocycles. The normalized spacial score (nSPS) is 17.8. The molecule has 1 aromatic rings. The Morgan fingerprint density at radius 3 is 2.58 bits per heavy atom. The molecule has 66 valence electrons. The number of alkyl halides is 1. The minimum absolute atomic E-state index is 0.502. The SMILES string of the molecule is ClCc1nnc(CC2CCC2)s1. The van der Waals surface area contributed by atoms with Gasteiger partial charge in [0.1, 0.15) is 10.0 Å². The minimum Gasteiger partial charge on any atom is -0.144 e. The number of halogens is 1. The summed E-state index contributed by atoms with van der Waals surface area (Å²) in [7, 11) is 0. The van der Waals surface area contributed by atoms with Gasteiger partial charge < -0.3 is 0 Å². The van der Waals surface area contributed by atoms with Gasteiger partial charge in [-0.3, -0.25) is 0 Å². The first kappa shape index (κ1) is 8.45. The van der Waals surface area contributed by atoms with E-state index in [-0.39, 0.29) is 0 Å². The fourth-order valence-corrected chi connectivity index (χ4v) is 2.39. The van der Waals surface area contributed by atoms with Crippen LogP contribution >= 0.6 is 22.9 Å². The van der Waals surface area contributed by atoms with Gasteiger partial charge in [0, 0.05) is 6.42 Å². The maximum Gasteiger partial charge on any atom is 0.132 e. The van der Waals surface area contributed by atoms with Crippen LogP contribution in [0.5, 0.6) is 0 Å². The molecule has 0 aliphatic heterocycles. The molecular formula is C8H11ClN2S. The molecule has 1 fully saturated rings. The lowest BCUT2D eigenvalue weighted by atomic mass is 9.83. The largest absolute Gasteiger partial charge is 0.144 e. The summed E-state index contributed by atoms with van der Waals surface area (Å²) < 4.78 is 0. The lowest BCUT2D eigenvalue weighted by Crippen LogP contribution is -2.13. The fraction of sp³-hybridized carbons (Fsp3) is 0.750. The molecule has 1 heterocycles. The molecule has 0 saturated heterocycles. The van der Waals surface area contributed by atoms with Gasteiger partial charge in [-0.25, -0.2) is 0 Å². The molecular weight excluding hydrogens is 192 g/mol. The van der Waals surface area contributed by atoms with E-state index in [1.165, 1.54) is 19.3 Å². The highest BCUT2D eigenvalue weighted by molar-refractivity contribution is 7.11. The lowest BCUT2D eigenvalue weighted by molar-refractivity contribution is 0.313. The zero-order valence-corrected chi connectivity index (χ0v) is 8.37. The van der Waals surface area contributed by atoms with Gasteiger partial charge in [0.2, 0.25) is 0 Å². The highest BCUT2D eigenvalue weighted by atomic mass is 35.5. The maximum atomic E-state index is 5.63. The molecule has 0 unspecified atom stereocenters. The third kappa shape index (κ3) is 1.77. The van der Waals surface area contributed by atoms with Crippen LogP contribution in [0.3, 0.4) is 0 Å². The minimum atomic E-state index is 0.502. The topological polar surface area (TPSA) is 25.8 Å². The fourth-order valence-electron chi connectivity index (χ4n) is 1.37. The zero-order valence-electron chi connectivity index (χ0n) is 6.79. The molecule has 2 rings (SSSR count). The first-order chi connectivity index (χ1) is 5.88. The lowest BCUT2D eigenvalue weighted by Gasteiger charge is -2.23. The van der Waals surface area contributed by atoms with Gasteiger partial charge in [-0.15, -0.1) is 33.1 Å². The monoisotopic (exact) mass is 202 g/mol. The van der Waals surface area contributed by atoms with Crippen LogP contribution in [0.4, 0.5) is 0 Å². The van der Waals surface area contributed by atoms with Crippen LogP contribution in [0.15, 0.2) is 0 Å². The van der Waals surface area contributed by atoms with Crippen molar-refractivity contribution in [3.63, 3.8) is 0 Å². The van der Waals surface area contributed by atoms with Gasteiger partial charge in [0.05, 0.1) is 5.88 Å². The van der Waals surface area contributed by atoms with E-state index in [0.717, 1.165) is 22.4 Å². The standard InChI is InChI=1S/C8H11ClN2S/c9-5-8-11-10-7(12-8)4-6-2-1-3-6/h6H,1-5H2. The summed E-state index contributed by atoms with van der Waals surface area (Å²) in [5.41, 5.74) is 0.